The third kappa shape index (κ3) is 9.82. The van der Waals surface area contributed by atoms with E-state index >= 15 is 0 Å². The Bertz CT molecular complexity index is 2230. The van der Waals surface area contributed by atoms with Crippen molar-refractivity contribution in [1.29, 1.82) is 10.5 Å². The van der Waals surface area contributed by atoms with Crippen LogP contribution in [-0.4, -0.2) is 28.3 Å². The number of hydrogen-bond donors (Lipinski definition) is 0. The molecule has 2 heterocycles. The van der Waals surface area contributed by atoms with Crippen molar-refractivity contribution in [2.24, 2.45) is 0 Å². The number of benzene rings is 5. The summed E-state index contributed by atoms with van der Waals surface area (Å²) >= 11 is 0. The third-order valence-electron chi connectivity index (χ3n) is 8.13. The normalized spacial score (nSPS) is 10.7. The summed E-state index contributed by atoms with van der Waals surface area (Å²) in [6, 6.07) is 37.1. The number of hydrogen-bond acceptors (Lipinski definition) is 4. The maximum atomic E-state index is 13.2. The van der Waals surface area contributed by atoms with Crippen LogP contribution in [0.15, 0.2) is 141 Å². The molecular weight excluding hydrogens is 677 g/mol. The maximum absolute atomic E-state index is 13.2. The number of carbonyl (C=O) groups excluding carboxylic acids is 2. The van der Waals surface area contributed by atoms with E-state index in [2.05, 4.69) is 42.0 Å². The minimum absolute atomic E-state index is 0.307. The van der Waals surface area contributed by atoms with Crippen molar-refractivity contribution < 1.29 is 9.59 Å². The van der Waals surface area contributed by atoms with Gasteiger partial charge >= 0.3 is 0 Å². The Morgan fingerprint density at radius 2 is 1.02 bits per heavy atom. The van der Waals surface area contributed by atoms with Gasteiger partial charge in [0.15, 0.2) is 0 Å². The van der Waals surface area contributed by atoms with Crippen LogP contribution in [0.4, 0.5) is 0 Å². The van der Waals surface area contributed by atoms with Gasteiger partial charge in [-0.2, -0.15) is 10.5 Å². The second-order valence-corrected chi connectivity index (χ2v) is 11.2. The fourth-order valence-corrected chi connectivity index (χ4v) is 5.82. The first-order valence-corrected chi connectivity index (χ1v) is 18.7. The minimum Gasteiger partial charge on any atom is -0.308 e. The molecule has 1 aliphatic rings. The topological polar surface area (TPSA) is 89.9 Å². The predicted octanol–water partition coefficient (Wildman–Crippen LogP) is 13.1. The summed E-state index contributed by atoms with van der Waals surface area (Å²) in [6.07, 6.45) is 7.33. The van der Waals surface area contributed by atoms with Gasteiger partial charge in [-0.05, 0) is 96.8 Å². The summed E-state index contributed by atoms with van der Waals surface area (Å²) in [5.41, 5.74) is 8.40. The van der Waals surface area contributed by atoms with Gasteiger partial charge in [0.25, 0.3) is 11.8 Å². The SMILES string of the molecule is C=C/C=C\C.C=CC.CC.CC.CC.CN1C(=O)c2cccc(-n3c4ccc(-c5ccc(C#N)cc5)cc4c4cc(-c5ccc(C#N)cc5)ccc43)c2C1=O. The second-order valence-electron chi connectivity index (χ2n) is 11.2. The number of rotatable bonds is 4. The first kappa shape index (κ1) is 44.4. The predicted molar refractivity (Wildman–Crippen MR) is 232 cm³/mol. The number of carbonyl (C=O) groups is 2. The molecule has 0 atom stereocenters. The van der Waals surface area contributed by atoms with Gasteiger partial charge in [-0.3, -0.25) is 14.5 Å². The standard InChI is InChI=1S/C35H20N4O2.C5H8.C3H6.3C2H6/c1-38-34(40)27-3-2-4-32(33(27)35(38)41)39-30-15-13-25(23-9-5-21(19-36)6-10-23)17-28(30)29-18-26(14-16-31(29)39)24-11-7-22(20-37)8-12-24;1-3-5-4-2;1-3-2;3*1-2/h2-18H,1H3;3-5H,1H2,2H3;3H,1H2,2H3;3*1-2H3/b;5-4-;;;;. The highest BCUT2D eigenvalue weighted by Gasteiger charge is 2.35. The summed E-state index contributed by atoms with van der Waals surface area (Å²) in [5.74, 6) is -0.627. The lowest BCUT2D eigenvalue weighted by Crippen LogP contribution is -2.24. The van der Waals surface area contributed by atoms with E-state index in [1.165, 1.54) is 7.05 Å². The number of imide groups is 1. The Morgan fingerprint density at radius 3 is 1.38 bits per heavy atom. The molecule has 6 aromatic rings. The van der Waals surface area contributed by atoms with Crippen LogP contribution in [0.25, 0.3) is 49.7 Å². The van der Waals surface area contributed by atoms with Crippen LogP contribution >= 0.6 is 0 Å². The largest absolute Gasteiger partial charge is 0.308 e. The molecule has 0 saturated heterocycles. The summed E-state index contributed by atoms with van der Waals surface area (Å²) in [5, 5.41) is 20.4. The average molecular weight is 729 g/mol. The van der Waals surface area contributed by atoms with E-state index in [1.54, 1.807) is 42.5 Å². The molecule has 7 rings (SSSR count). The smallest absolute Gasteiger partial charge is 0.263 e. The number of nitrogens with zero attached hydrogens (tertiary/aromatic N) is 4. The summed E-state index contributed by atoms with van der Waals surface area (Å²) in [7, 11) is 1.51. The van der Waals surface area contributed by atoms with Crippen LogP contribution in [-0.2, 0) is 0 Å². The Labute approximate surface area is 327 Å². The minimum atomic E-state index is -0.320. The number of allylic oxidation sites excluding steroid dienone is 4. The molecule has 0 bridgehead atoms. The van der Waals surface area contributed by atoms with Crippen molar-refractivity contribution in [2.45, 2.75) is 55.4 Å². The molecule has 0 aliphatic carbocycles. The van der Waals surface area contributed by atoms with Gasteiger partial charge in [0.05, 0.1) is 51.1 Å². The van der Waals surface area contributed by atoms with Crippen LogP contribution in [0.5, 0.6) is 0 Å². The van der Waals surface area contributed by atoms with Crippen LogP contribution < -0.4 is 0 Å². The highest BCUT2D eigenvalue weighted by molar-refractivity contribution is 6.23. The molecule has 0 unspecified atom stereocenters. The molecule has 6 nitrogen and oxygen atoms in total. The zero-order valence-electron chi connectivity index (χ0n) is 33.6. The number of aromatic nitrogens is 1. The molecule has 1 aliphatic heterocycles. The molecule has 0 fully saturated rings. The summed E-state index contributed by atoms with van der Waals surface area (Å²) in [4.78, 5) is 27.2. The van der Waals surface area contributed by atoms with Gasteiger partial charge in [-0.15, -0.1) is 6.58 Å². The van der Waals surface area contributed by atoms with Crippen molar-refractivity contribution in [3.05, 3.63) is 163 Å². The van der Waals surface area contributed by atoms with Crippen LogP contribution in [0.2, 0.25) is 0 Å². The van der Waals surface area contributed by atoms with E-state index in [-0.39, 0.29) is 11.8 Å². The maximum Gasteiger partial charge on any atom is 0.263 e. The highest BCUT2D eigenvalue weighted by atomic mass is 16.2. The van der Waals surface area contributed by atoms with Gasteiger partial charge in [0.2, 0.25) is 0 Å². The van der Waals surface area contributed by atoms with E-state index in [9.17, 15) is 20.1 Å². The van der Waals surface area contributed by atoms with E-state index in [4.69, 9.17) is 0 Å². The summed E-state index contributed by atoms with van der Waals surface area (Å²) in [6.45, 7) is 22.7. The molecule has 0 saturated carbocycles. The molecule has 5 aromatic carbocycles. The van der Waals surface area contributed by atoms with E-state index < -0.39 is 0 Å². The Morgan fingerprint density at radius 1 is 0.600 bits per heavy atom. The molecule has 1 aromatic heterocycles. The fraction of sp³-hybridized carbons (Fsp3) is 0.184. The second kappa shape index (κ2) is 22.3. The lowest BCUT2D eigenvalue weighted by atomic mass is 9.99. The highest BCUT2D eigenvalue weighted by Crippen LogP contribution is 2.39. The average Bonchev–Trinajstić information content (AvgIpc) is 3.69. The number of amides is 2. The number of nitriles is 2. The van der Waals surface area contributed by atoms with Crippen molar-refractivity contribution in [3.8, 4) is 40.1 Å². The van der Waals surface area contributed by atoms with Crippen LogP contribution in [0.3, 0.4) is 0 Å². The molecule has 6 heteroatoms. The van der Waals surface area contributed by atoms with Gasteiger partial charge < -0.3 is 4.57 Å². The fourth-order valence-electron chi connectivity index (χ4n) is 5.82. The molecule has 280 valence electrons. The van der Waals surface area contributed by atoms with Crippen molar-refractivity contribution in [1.82, 2.24) is 9.47 Å². The van der Waals surface area contributed by atoms with E-state index in [0.29, 0.717) is 27.9 Å². The molecule has 2 amide bonds. The number of fused-ring (bicyclic) bond motifs is 4. The van der Waals surface area contributed by atoms with Gasteiger partial charge in [0, 0.05) is 17.8 Å². The van der Waals surface area contributed by atoms with Gasteiger partial charge in [-0.1, -0.05) is 115 Å². The van der Waals surface area contributed by atoms with Gasteiger partial charge in [-0.25, -0.2) is 0 Å². The molecule has 0 spiro atoms. The van der Waals surface area contributed by atoms with Crippen molar-refractivity contribution >= 4 is 33.6 Å². The zero-order valence-corrected chi connectivity index (χ0v) is 33.6. The molecular formula is C49H52N4O2. The Balaban J connectivity index is 0.000000659. The van der Waals surface area contributed by atoms with E-state index in [1.807, 2.05) is 128 Å². The zero-order chi connectivity index (χ0) is 41.1. The van der Waals surface area contributed by atoms with E-state index in [0.717, 1.165) is 49.0 Å². The van der Waals surface area contributed by atoms with Crippen LogP contribution in [0, 0.1) is 22.7 Å². The van der Waals surface area contributed by atoms with Crippen LogP contribution in [0.1, 0.15) is 87.2 Å². The lowest BCUT2D eigenvalue weighted by molar-refractivity contribution is 0.0693. The Kier molecular flexibility index (Phi) is 18.0. The quantitative estimate of drug-likeness (QED) is 0.103. The third-order valence-corrected chi connectivity index (χ3v) is 8.13. The summed E-state index contributed by atoms with van der Waals surface area (Å²) < 4.78 is 2.05. The Hall–Kier alpha value is -6.76. The van der Waals surface area contributed by atoms with Gasteiger partial charge in [0.1, 0.15) is 0 Å². The van der Waals surface area contributed by atoms with Crippen molar-refractivity contribution in [2.75, 3.05) is 7.05 Å². The van der Waals surface area contributed by atoms with Crippen molar-refractivity contribution in [3.63, 3.8) is 0 Å². The monoisotopic (exact) mass is 728 g/mol. The molecule has 55 heavy (non-hydrogen) atoms. The molecule has 0 radical (unpaired) electrons. The first-order valence-electron chi connectivity index (χ1n) is 18.7. The molecule has 0 N–H and O–H groups in total. The lowest BCUT2D eigenvalue weighted by Gasteiger charge is -2.12. The first-order chi connectivity index (χ1) is 26.8.